The standard InChI is InChI=1S/C15H20N2O2/c1-11(18)7-5-6-10-17-14-9-4-3-8-13(14)16-12(2)15(17)19/h3-4,8-9,11,18H,5-7,10H2,1-2H3. The number of nitrogens with zero attached hydrogens (tertiary/aromatic N) is 2. The topological polar surface area (TPSA) is 55.1 Å². The number of aliphatic hydroxyl groups excluding tert-OH is 1. The van der Waals surface area contributed by atoms with Crippen LogP contribution in [0.25, 0.3) is 11.0 Å². The summed E-state index contributed by atoms with van der Waals surface area (Å²) in [5, 5.41) is 9.24. The number of benzene rings is 1. The van der Waals surface area contributed by atoms with Crippen LogP contribution < -0.4 is 5.56 Å². The highest BCUT2D eigenvalue weighted by molar-refractivity contribution is 5.74. The Kier molecular flexibility index (Phi) is 4.32. The molecule has 1 atom stereocenters. The van der Waals surface area contributed by atoms with E-state index in [4.69, 9.17) is 0 Å². The molecule has 1 heterocycles. The first-order valence-electron chi connectivity index (χ1n) is 6.74. The summed E-state index contributed by atoms with van der Waals surface area (Å²) in [5.41, 5.74) is 2.26. The predicted molar refractivity (Wildman–Crippen MR) is 76.3 cm³/mol. The van der Waals surface area contributed by atoms with Crippen LogP contribution in [-0.4, -0.2) is 20.8 Å². The van der Waals surface area contributed by atoms with E-state index in [1.54, 1.807) is 18.4 Å². The average molecular weight is 260 g/mol. The molecule has 0 fully saturated rings. The van der Waals surface area contributed by atoms with Gasteiger partial charge in [-0.25, -0.2) is 4.98 Å². The Bertz CT molecular complexity index is 617. The first-order valence-corrected chi connectivity index (χ1v) is 6.74. The minimum absolute atomic E-state index is 0.0178. The Hall–Kier alpha value is -1.68. The van der Waals surface area contributed by atoms with Crippen molar-refractivity contribution in [1.82, 2.24) is 9.55 Å². The molecule has 0 saturated carbocycles. The molecule has 0 amide bonds. The van der Waals surface area contributed by atoms with Crippen molar-refractivity contribution in [3.05, 3.63) is 40.3 Å². The number of hydrogen-bond donors (Lipinski definition) is 1. The Labute approximate surface area is 112 Å². The molecular formula is C15H20N2O2. The molecule has 1 aromatic heterocycles. The Morgan fingerprint density at radius 2 is 2.05 bits per heavy atom. The van der Waals surface area contributed by atoms with E-state index in [1.165, 1.54) is 0 Å². The summed E-state index contributed by atoms with van der Waals surface area (Å²) in [6.45, 7) is 4.22. The van der Waals surface area contributed by atoms with Gasteiger partial charge in [0.2, 0.25) is 0 Å². The van der Waals surface area contributed by atoms with Crippen molar-refractivity contribution in [3.63, 3.8) is 0 Å². The Morgan fingerprint density at radius 1 is 1.32 bits per heavy atom. The molecular weight excluding hydrogens is 240 g/mol. The van der Waals surface area contributed by atoms with E-state index in [2.05, 4.69) is 4.98 Å². The van der Waals surface area contributed by atoms with Gasteiger partial charge in [0.05, 0.1) is 17.1 Å². The number of rotatable bonds is 5. The highest BCUT2D eigenvalue weighted by atomic mass is 16.3. The lowest BCUT2D eigenvalue weighted by Crippen LogP contribution is -2.24. The third-order valence-corrected chi connectivity index (χ3v) is 3.27. The molecule has 0 spiro atoms. The SMILES string of the molecule is Cc1nc2ccccc2n(CCCCC(C)O)c1=O. The molecule has 0 radical (unpaired) electrons. The number of aliphatic hydroxyl groups is 1. The van der Waals surface area contributed by atoms with E-state index >= 15 is 0 Å². The van der Waals surface area contributed by atoms with E-state index in [0.717, 1.165) is 30.3 Å². The van der Waals surface area contributed by atoms with E-state index in [0.29, 0.717) is 12.2 Å². The number of hydrogen-bond acceptors (Lipinski definition) is 3. The molecule has 1 unspecified atom stereocenters. The van der Waals surface area contributed by atoms with Crippen LogP contribution in [0.5, 0.6) is 0 Å². The quantitative estimate of drug-likeness (QED) is 0.839. The maximum Gasteiger partial charge on any atom is 0.272 e. The fourth-order valence-corrected chi connectivity index (χ4v) is 2.25. The number of para-hydroxylation sites is 2. The highest BCUT2D eigenvalue weighted by Gasteiger charge is 2.07. The molecule has 0 aliphatic rings. The number of aryl methyl sites for hydroxylation is 2. The number of fused-ring (bicyclic) bond motifs is 1. The van der Waals surface area contributed by atoms with Gasteiger partial charge in [0.25, 0.3) is 5.56 Å². The first-order chi connectivity index (χ1) is 9.09. The van der Waals surface area contributed by atoms with Crippen LogP contribution in [0.4, 0.5) is 0 Å². The molecule has 1 N–H and O–H groups in total. The van der Waals surface area contributed by atoms with Gasteiger partial charge in [-0.3, -0.25) is 4.79 Å². The average Bonchev–Trinajstić information content (AvgIpc) is 2.38. The van der Waals surface area contributed by atoms with Gasteiger partial charge < -0.3 is 9.67 Å². The molecule has 2 rings (SSSR count). The molecule has 0 bridgehead atoms. The van der Waals surface area contributed by atoms with Gasteiger partial charge in [0.1, 0.15) is 5.69 Å². The van der Waals surface area contributed by atoms with Crippen LogP contribution >= 0.6 is 0 Å². The molecule has 2 aromatic rings. The second kappa shape index (κ2) is 5.97. The summed E-state index contributed by atoms with van der Waals surface area (Å²) in [7, 11) is 0. The summed E-state index contributed by atoms with van der Waals surface area (Å²) in [6.07, 6.45) is 2.31. The fraction of sp³-hybridized carbons (Fsp3) is 0.467. The lowest BCUT2D eigenvalue weighted by Gasteiger charge is -2.11. The van der Waals surface area contributed by atoms with Crippen molar-refractivity contribution in [2.45, 2.75) is 45.8 Å². The highest BCUT2D eigenvalue weighted by Crippen LogP contribution is 2.11. The lowest BCUT2D eigenvalue weighted by molar-refractivity contribution is 0.180. The van der Waals surface area contributed by atoms with Crippen LogP contribution in [-0.2, 0) is 6.54 Å². The van der Waals surface area contributed by atoms with Gasteiger partial charge in [-0.1, -0.05) is 12.1 Å². The normalized spacial score (nSPS) is 12.8. The summed E-state index contributed by atoms with van der Waals surface area (Å²) in [5.74, 6) is 0. The second-order valence-corrected chi connectivity index (χ2v) is 4.99. The summed E-state index contributed by atoms with van der Waals surface area (Å²) in [4.78, 5) is 16.5. The molecule has 0 saturated heterocycles. The van der Waals surface area contributed by atoms with Crippen LogP contribution in [0.2, 0.25) is 0 Å². The largest absolute Gasteiger partial charge is 0.393 e. The van der Waals surface area contributed by atoms with E-state index in [-0.39, 0.29) is 11.7 Å². The first kappa shape index (κ1) is 13.7. The smallest absolute Gasteiger partial charge is 0.272 e. The van der Waals surface area contributed by atoms with Gasteiger partial charge in [-0.15, -0.1) is 0 Å². The van der Waals surface area contributed by atoms with Crippen molar-refractivity contribution >= 4 is 11.0 Å². The summed E-state index contributed by atoms with van der Waals surface area (Å²) < 4.78 is 1.79. The minimum Gasteiger partial charge on any atom is -0.393 e. The molecule has 0 aliphatic heterocycles. The number of aromatic nitrogens is 2. The summed E-state index contributed by atoms with van der Waals surface area (Å²) in [6, 6.07) is 7.70. The van der Waals surface area contributed by atoms with Gasteiger partial charge >= 0.3 is 0 Å². The summed E-state index contributed by atoms with van der Waals surface area (Å²) >= 11 is 0. The molecule has 4 heteroatoms. The second-order valence-electron chi connectivity index (χ2n) is 4.99. The monoisotopic (exact) mass is 260 g/mol. The Balaban J connectivity index is 2.26. The van der Waals surface area contributed by atoms with Crippen molar-refractivity contribution < 1.29 is 5.11 Å². The Morgan fingerprint density at radius 3 is 2.79 bits per heavy atom. The van der Waals surface area contributed by atoms with Crippen molar-refractivity contribution in [2.24, 2.45) is 0 Å². The predicted octanol–water partition coefficient (Wildman–Crippen LogP) is 2.26. The maximum absolute atomic E-state index is 12.2. The van der Waals surface area contributed by atoms with E-state index in [9.17, 15) is 9.90 Å². The zero-order valence-corrected chi connectivity index (χ0v) is 11.5. The van der Waals surface area contributed by atoms with Crippen molar-refractivity contribution in [3.8, 4) is 0 Å². The minimum atomic E-state index is -0.271. The molecule has 102 valence electrons. The molecule has 4 nitrogen and oxygen atoms in total. The van der Waals surface area contributed by atoms with Gasteiger partial charge in [0.15, 0.2) is 0 Å². The van der Waals surface area contributed by atoms with Crippen LogP contribution in [0.15, 0.2) is 29.1 Å². The fourth-order valence-electron chi connectivity index (χ4n) is 2.25. The lowest BCUT2D eigenvalue weighted by atomic mass is 10.1. The molecule has 0 aliphatic carbocycles. The van der Waals surface area contributed by atoms with Crippen LogP contribution in [0.3, 0.4) is 0 Å². The number of unbranched alkanes of at least 4 members (excludes halogenated alkanes) is 1. The zero-order valence-electron chi connectivity index (χ0n) is 11.5. The third kappa shape index (κ3) is 3.20. The molecule has 19 heavy (non-hydrogen) atoms. The van der Waals surface area contributed by atoms with E-state index in [1.807, 2.05) is 24.3 Å². The van der Waals surface area contributed by atoms with Crippen LogP contribution in [0.1, 0.15) is 31.9 Å². The van der Waals surface area contributed by atoms with Gasteiger partial charge in [-0.05, 0) is 45.2 Å². The van der Waals surface area contributed by atoms with Crippen molar-refractivity contribution in [1.29, 1.82) is 0 Å². The molecule has 1 aromatic carbocycles. The zero-order chi connectivity index (χ0) is 13.8. The maximum atomic E-state index is 12.2. The third-order valence-electron chi connectivity index (χ3n) is 3.27. The van der Waals surface area contributed by atoms with E-state index < -0.39 is 0 Å². The van der Waals surface area contributed by atoms with Crippen LogP contribution in [0, 0.1) is 6.92 Å². The van der Waals surface area contributed by atoms with Crippen molar-refractivity contribution in [2.75, 3.05) is 0 Å². The van der Waals surface area contributed by atoms with Gasteiger partial charge in [0, 0.05) is 6.54 Å². The van der Waals surface area contributed by atoms with Gasteiger partial charge in [-0.2, -0.15) is 0 Å².